The SMILES string of the molecule is Cc1cc(CNC(=O)c2cn(CC(=O)O)nn2)no1. The molecule has 100 valence electrons. The van der Waals surface area contributed by atoms with E-state index in [2.05, 4.69) is 20.8 Å². The quantitative estimate of drug-likeness (QED) is 0.753. The first kappa shape index (κ1) is 12.7. The van der Waals surface area contributed by atoms with Crippen LogP contribution in [0.5, 0.6) is 0 Å². The molecule has 2 heterocycles. The summed E-state index contributed by atoms with van der Waals surface area (Å²) >= 11 is 0. The summed E-state index contributed by atoms with van der Waals surface area (Å²) in [7, 11) is 0. The van der Waals surface area contributed by atoms with Gasteiger partial charge in [0.15, 0.2) is 5.69 Å². The summed E-state index contributed by atoms with van der Waals surface area (Å²) in [4.78, 5) is 22.1. The second-order valence-electron chi connectivity index (χ2n) is 3.81. The Hall–Kier alpha value is -2.71. The Morgan fingerprint density at radius 3 is 2.95 bits per heavy atom. The van der Waals surface area contributed by atoms with Crippen molar-refractivity contribution in [1.29, 1.82) is 0 Å². The van der Waals surface area contributed by atoms with Crippen LogP contribution in [0.2, 0.25) is 0 Å². The molecule has 0 saturated carbocycles. The Balaban J connectivity index is 1.92. The monoisotopic (exact) mass is 265 g/mol. The summed E-state index contributed by atoms with van der Waals surface area (Å²) in [6, 6.07) is 1.70. The zero-order chi connectivity index (χ0) is 13.8. The zero-order valence-corrected chi connectivity index (χ0v) is 10.0. The predicted molar refractivity (Wildman–Crippen MR) is 60.1 cm³/mol. The summed E-state index contributed by atoms with van der Waals surface area (Å²) in [5, 5.41) is 22.0. The standard InChI is InChI=1S/C10H11N5O4/c1-6-2-7(13-19-6)3-11-10(18)8-4-15(14-12-8)5-9(16)17/h2,4H,3,5H2,1H3,(H,11,18)(H,16,17). The van der Waals surface area contributed by atoms with Gasteiger partial charge in [0.2, 0.25) is 0 Å². The highest BCUT2D eigenvalue weighted by atomic mass is 16.5. The molecule has 9 nitrogen and oxygen atoms in total. The summed E-state index contributed by atoms with van der Waals surface area (Å²) < 4.78 is 5.92. The molecular weight excluding hydrogens is 254 g/mol. The van der Waals surface area contributed by atoms with Gasteiger partial charge in [0, 0.05) is 6.07 Å². The Kier molecular flexibility index (Phi) is 3.55. The number of nitrogens with zero attached hydrogens (tertiary/aromatic N) is 4. The fourth-order valence-electron chi connectivity index (χ4n) is 1.38. The van der Waals surface area contributed by atoms with E-state index in [-0.39, 0.29) is 18.8 Å². The number of aryl methyl sites for hydroxylation is 1. The van der Waals surface area contributed by atoms with Crippen molar-refractivity contribution in [1.82, 2.24) is 25.5 Å². The molecule has 9 heteroatoms. The Labute approximate surface area is 107 Å². The summed E-state index contributed by atoms with van der Waals surface area (Å²) in [6.45, 7) is 1.60. The van der Waals surface area contributed by atoms with Gasteiger partial charge in [0.25, 0.3) is 5.91 Å². The second-order valence-corrected chi connectivity index (χ2v) is 3.81. The molecule has 0 aromatic carbocycles. The van der Waals surface area contributed by atoms with Gasteiger partial charge in [0.1, 0.15) is 18.0 Å². The zero-order valence-electron chi connectivity index (χ0n) is 10.0. The molecule has 0 radical (unpaired) electrons. The van der Waals surface area contributed by atoms with E-state index < -0.39 is 11.9 Å². The number of rotatable bonds is 5. The first-order valence-corrected chi connectivity index (χ1v) is 5.37. The van der Waals surface area contributed by atoms with Gasteiger partial charge in [-0.1, -0.05) is 10.4 Å². The van der Waals surface area contributed by atoms with Gasteiger partial charge >= 0.3 is 5.97 Å². The molecule has 2 aromatic rings. The van der Waals surface area contributed by atoms with E-state index in [0.717, 1.165) is 4.68 Å². The van der Waals surface area contributed by atoms with Gasteiger partial charge in [-0.25, -0.2) is 4.68 Å². The third kappa shape index (κ3) is 3.37. The lowest BCUT2D eigenvalue weighted by Gasteiger charge is -1.98. The van der Waals surface area contributed by atoms with E-state index in [4.69, 9.17) is 9.63 Å². The van der Waals surface area contributed by atoms with E-state index in [0.29, 0.717) is 11.5 Å². The van der Waals surface area contributed by atoms with Gasteiger partial charge < -0.3 is 14.9 Å². The van der Waals surface area contributed by atoms with Crippen LogP contribution in [0.3, 0.4) is 0 Å². The number of hydrogen-bond acceptors (Lipinski definition) is 6. The number of carboxylic acid groups (broad SMARTS) is 1. The number of carbonyl (C=O) groups excluding carboxylic acids is 1. The number of carboxylic acids is 1. The molecule has 0 bridgehead atoms. The lowest BCUT2D eigenvalue weighted by Crippen LogP contribution is -2.23. The van der Waals surface area contributed by atoms with Crippen LogP contribution in [0.1, 0.15) is 21.9 Å². The highest BCUT2D eigenvalue weighted by Gasteiger charge is 2.12. The molecule has 0 unspecified atom stereocenters. The molecule has 0 fully saturated rings. The predicted octanol–water partition coefficient (Wildman–Crippen LogP) is -0.411. The first-order chi connectivity index (χ1) is 9.04. The first-order valence-electron chi connectivity index (χ1n) is 5.37. The van der Waals surface area contributed by atoms with Crippen LogP contribution in [-0.2, 0) is 17.9 Å². The van der Waals surface area contributed by atoms with Crippen molar-refractivity contribution in [2.24, 2.45) is 0 Å². The van der Waals surface area contributed by atoms with Crippen LogP contribution in [0, 0.1) is 6.92 Å². The van der Waals surface area contributed by atoms with Gasteiger partial charge in [0.05, 0.1) is 12.7 Å². The molecule has 0 aliphatic heterocycles. The van der Waals surface area contributed by atoms with Gasteiger partial charge in [-0.3, -0.25) is 9.59 Å². The molecule has 0 saturated heterocycles. The van der Waals surface area contributed by atoms with Crippen molar-refractivity contribution < 1.29 is 19.2 Å². The number of nitrogens with one attached hydrogen (secondary N) is 1. The van der Waals surface area contributed by atoms with Gasteiger partial charge in [-0.05, 0) is 6.92 Å². The summed E-state index contributed by atoms with van der Waals surface area (Å²) in [5.41, 5.74) is 0.630. The topological polar surface area (TPSA) is 123 Å². The average Bonchev–Trinajstić information content (AvgIpc) is 2.95. The molecule has 0 spiro atoms. The van der Waals surface area contributed by atoms with Crippen molar-refractivity contribution in [3.8, 4) is 0 Å². The average molecular weight is 265 g/mol. The van der Waals surface area contributed by atoms with Crippen molar-refractivity contribution in [3.63, 3.8) is 0 Å². The lowest BCUT2D eigenvalue weighted by atomic mass is 10.3. The lowest BCUT2D eigenvalue weighted by molar-refractivity contribution is -0.137. The smallest absolute Gasteiger partial charge is 0.325 e. The molecule has 0 atom stereocenters. The summed E-state index contributed by atoms with van der Waals surface area (Å²) in [5.74, 6) is -0.871. The van der Waals surface area contributed by atoms with E-state index in [1.807, 2.05) is 0 Å². The Morgan fingerprint density at radius 2 is 2.32 bits per heavy atom. The molecule has 1 amide bonds. The number of carbonyl (C=O) groups is 2. The third-order valence-electron chi connectivity index (χ3n) is 2.18. The normalized spacial score (nSPS) is 10.4. The van der Waals surface area contributed by atoms with Crippen LogP contribution in [0.25, 0.3) is 0 Å². The molecule has 19 heavy (non-hydrogen) atoms. The maximum Gasteiger partial charge on any atom is 0.325 e. The third-order valence-corrected chi connectivity index (χ3v) is 2.18. The Bertz CT molecular complexity index is 603. The fraction of sp³-hybridized carbons (Fsp3) is 0.300. The number of aromatic nitrogens is 4. The van der Waals surface area contributed by atoms with E-state index in [1.165, 1.54) is 6.20 Å². The van der Waals surface area contributed by atoms with Gasteiger partial charge in [-0.2, -0.15) is 0 Å². The maximum absolute atomic E-state index is 11.7. The van der Waals surface area contributed by atoms with Crippen molar-refractivity contribution >= 4 is 11.9 Å². The number of aliphatic carboxylic acids is 1. The van der Waals surface area contributed by atoms with E-state index >= 15 is 0 Å². The molecule has 2 rings (SSSR count). The molecule has 0 aliphatic carbocycles. The maximum atomic E-state index is 11.7. The van der Waals surface area contributed by atoms with E-state index in [1.54, 1.807) is 13.0 Å². The molecular formula is C10H11N5O4. The van der Waals surface area contributed by atoms with Crippen LogP contribution in [-0.4, -0.2) is 37.1 Å². The second kappa shape index (κ2) is 5.29. The largest absolute Gasteiger partial charge is 0.480 e. The highest BCUT2D eigenvalue weighted by Crippen LogP contribution is 2.01. The van der Waals surface area contributed by atoms with Crippen LogP contribution in [0.4, 0.5) is 0 Å². The molecule has 0 aliphatic rings. The molecule has 2 aromatic heterocycles. The van der Waals surface area contributed by atoms with Crippen LogP contribution < -0.4 is 5.32 Å². The van der Waals surface area contributed by atoms with E-state index in [9.17, 15) is 9.59 Å². The minimum Gasteiger partial charge on any atom is -0.480 e. The van der Waals surface area contributed by atoms with Crippen LogP contribution in [0.15, 0.2) is 16.8 Å². The fourth-order valence-corrected chi connectivity index (χ4v) is 1.38. The number of hydrogen-bond donors (Lipinski definition) is 2. The van der Waals surface area contributed by atoms with Gasteiger partial charge in [-0.15, -0.1) is 5.10 Å². The highest BCUT2D eigenvalue weighted by molar-refractivity contribution is 5.91. The van der Waals surface area contributed by atoms with Crippen molar-refractivity contribution in [2.75, 3.05) is 0 Å². The summed E-state index contributed by atoms with van der Waals surface area (Å²) in [6.07, 6.45) is 1.26. The number of amides is 1. The van der Waals surface area contributed by atoms with Crippen molar-refractivity contribution in [2.45, 2.75) is 20.0 Å². The Morgan fingerprint density at radius 1 is 1.53 bits per heavy atom. The molecule has 2 N–H and O–H groups in total. The minimum atomic E-state index is -1.06. The van der Waals surface area contributed by atoms with Crippen LogP contribution >= 0.6 is 0 Å². The minimum absolute atomic E-state index is 0.0430. The van der Waals surface area contributed by atoms with Crippen molar-refractivity contribution in [3.05, 3.63) is 29.4 Å².